The Kier molecular flexibility index (Phi) is 3.32. The van der Waals surface area contributed by atoms with Crippen molar-refractivity contribution in [1.82, 2.24) is 0 Å². The van der Waals surface area contributed by atoms with Gasteiger partial charge in [0, 0.05) is 6.61 Å². The summed E-state index contributed by atoms with van der Waals surface area (Å²) >= 11 is 0. The molecule has 1 N–H and O–H groups in total. The van der Waals surface area contributed by atoms with Crippen molar-refractivity contribution in [2.45, 2.75) is 31.1 Å². The fourth-order valence-electron chi connectivity index (χ4n) is 2.36. The molecule has 0 radical (unpaired) electrons. The molecule has 7 heteroatoms. The third-order valence-corrected chi connectivity index (χ3v) is 3.88. The fraction of sp³-hybridized carbons (Fsp3) is 0.538. The first-order valence-corrected chi connectivity index (χ1v) is 5.89. The van der Waals surface area contributed by atoms with E-state index in [-0.39, 0.29) is 24.2 Å². The van der Waals surface area contributed by atoms with Gasteiger partial charge in [0.15, 0.2) is 0 Å². The highest BCUT2D eigenvalue weighted by molar-refractivity contribution is 5.41. The number of aliphatic hydroxyl groups is 1. The number of halogens is 6. The molecule has 0 aromatic heterocycles. The summed E-state index contributed by atoms with van der Waals surface area (Å²) in [6.45, 7) is 1.30. The highest BCUT2D eigenvalue weighted by Gasteiger charge is 2.52. The lowest BCUT2D eigenvalue weighted by atomic mass is 9.91. The van der Waals surface area contributed by atoms with E-state index in [9.17, 15) is 26.3 Å². The molecular formula is C13H12F6O. The molecular weight excluding hydrogens is 286 g/mol. The van der Waals surface area contributed by atoms with Crippen molar-refractivity contribution in [3.05, 3.63) is 34.9 Å². The van der Waals surface area contributed by atoms with E-state index in [4.69, 9.17) is 5.11 Å². The minimum absolute atomic E-state index is 0.0290. The van der Waals surface area contributed by atoms with Gasteiger partial charge < -0.3 is 5.11 Å². The van der Waals surface area contributed by atoms with Crippen molar-refractivity contribution in [1.29, 1.82) is 0 Å². The van der Waals surface area contributed by atoms with Gasteiger partial charge in [0.2, 0.25) is 0 Å². The fourth-order valence-corrected chi connectivity index (χ4v) is 2.36. The molecule has 2 unspecified atom stereocenters. The van der Waals surface area contributed by atoms with Crippen LogP contribution in [-0.2, 0) is 17.8 Å². The van der Waals surface area contributed by atoms with Gasteiger partial charge in [-0.1, -0.05) is 6.92 Å². The zero-order valence-corrected chi connectivity index (χ0v) is 10.4. The Bertz CT molecular complexity index is 486. The maximum Gasteiger partial charge on any atom is 0.416 e. The molecule has 0 spiro atoms. The second-order valence-electron chi connectivity index (χ2n) is 5.30. The zero-order chi connectivity index (χ0) is 15.3. The van der Waals surface area contributed by atoms with Crippen LogP contribution < -0.4 is 0 Å². The molecule has 1 aromatic carbocycles. The van der Waals surface area contributed by atoms with Crippen LogP contribution in [0.25, 0.3) is 0 Å². The van der Waals surface area contributed by atoms with Crippen LogP contribution >= 0.6 is 0 Å². The number of alkyl halides is 6. The molecule has 20 heavy (non-hydrogen) atoms. The Morgan fingerprint density at radius 1 is 1.05 bits per heavy atom. The lowest BCUT2D eigenvalue weighted by molar-refractivity contribution is -0.143. The third-order valence-electron chi connectivity index (χ3n) is 3.88. The van der Waals surface area contributed by atoms with Gasteiger partial charge in [0.05, 0.1) is 11.1 Å². The number of aliphatic hydroxyl groups excluding tert-OH is 1. The maximum atomic E-state index is 12.7. The predicted molar refractivity (Wildman–Crippen MR) is 59.0 cm³/mol. The van der Waals surface area contributed by atoms with Crippen LogP contribution in [0, 0.1) is 5.92 Å². The maximum absolute atomic E-state index is 12.7. The van der Waals surface area contributed by atoms with Crippen LogP contribution in [0.2, 0.25) is 0 Å². The summed E-state index contributed by atoms with van der Waals surface area (Å²) in [4.78, 5) is 0. The van der Waals surface area contributed by atoms with Gasteiger partial charge in [-0.2, -0.15) is 26.3 Å². The van der Waals surface area contributed by atoms with Crippen LogP contribution in [-0.4, -0.2) is 11.7 Å². The van der Waals surface area contributed by atoms with Crippen molar-refractivity contribution in [2.24, 2.45) is 5.92 Å². The molecule has 2 rings (SSSR count). The van der Waals surface area contributed by atoms with E-state index in [1.807, 2.05) is 0 Å². The predicted octanol–water partition coefficient (Wildman–Crippen LogP) is 3.99. The molecule has 1 saturated carbocycles. The average molecular weight is 298 g/mol. The minimum atomic E-state index is -4.84. The molecule has 2 atom stereocenters. The van der Waals surface area contributed by atoms with Crippen molar-refractivity contribution >= 4 is 0 Å². The smallest absolute Gasteiger partial charge is 0.396 e. The van der Waals surface area contributed by atoms with Gasteiger partial charge in [-0.25, -0.2) is 0 Å². The summed E-state index contributed by atoms with van der Waals surface area (Å²) in [5.41, 5.74) is -3.48. The summed E-state index contributed by atoms with van der Waals surface area (Å²) in [7, 11) is 0. The molecule has 0 amide bonds. The van der Waals surface area contributed by atoms with Gasteiger partial charge in [0.1, 0.15) is 0 Å². The first-order valence-electron chi connectivity index (χ1n) is 5.89. The van der Waals surface area contributed by atoms with Crippen molar-refractivity contribution in [2.75, 3.05) is 6.61 Å². The first-order chi connectivity index (χ1) is 8.98. The van der Waals surface area contributed by atoms with Gasteiger partial charge >= 0.3 is 12.4 Å². The van der Waals surface area contributed by atoms with Crippen molar-refractivity contribution in [3.63, 3.8) is 0 Å². The van der Waals surface area contributed by atoms with Crippen LogP contribution in [0.1, 0.15) is 30.0 Å². The van der Waals surface area contributed by atoms with Gasteiger partial charge in [-0.05, 0) is 41.5 Å². The standard InChI is InChI=1S/C13H12F6O/c1-11(5-10(11)6-20)7-2-8(12(14,15)16)4-9(3-7)13(17,18)19/h2-4,10,20H,5-6H2,1H3. The molecule has 1 aliphatic rings. The molecule has 0 saturated heterocycles. The molecule has 1 fully saturated rings. The van der Waals surface area contributed by atoms with E-state index in [0.717, 1.165) is 12.1 Å². The summed E-state index contributed by atoms with van der Waals surface area (Å²) in [6.07, 6.45) is -9.30. The quantitative estimate of drug-likeness (QED) is 0.818. The Morgan fingerprint density at radius 3 is 1.80 bits per heavy atom. The van der Waals surface area contributed by atoms with E-state index in [0.29, 0.717) is 6.42 Å². The second-order valence-corrected chi connectivity index (χ2v) is 5.30. The zero-order valence-electron chi connectivity index (χ0n) is 10.4. The lowest BCUT2D eigenvalue weighted by Crippen LogP contribution is -2.15. The topological polar surface area (TPSA) is 20.2 Å². The Hall–Kier alpha value is -1.24. The lowest BCUT2D eigenvalue weighted by Gasteiger charge is -2.18. The summed E-state index contributed by atoms with van der Waals surface area (Å²) in [6, 6.07) is 1.60. The average Bonchev–Trinajstić information content (AvgIpc) is 2.99. The van der Waals surface area contributed by atoms with E-state index in [1.54, 1.807) is 6.92 Å². The molecule has 0 bridgehead atoms. The van der Waals surface area contributed by atoms with Crippen LogP contribution in [0.15, 0.2) is 18.2 Å². The van der Waals surface area contributed by atoms with Crippen LogP contribution in [0.5, 0.6) is 0 Å². The monoisotopic (exact) mass is 298 g/mol. The van der Waals surface area contributed by atoms with Crippen molar-refractivity contribution in [3.8, 4) is 0 Å². The Labute approximate surface area is 111 Å². The van der Waals surface area contributed by atoms with Gasteiger partial charge in [-0.15, -0.1) is 0 Å². The first kappa shape index (κ1) is 15.2. The number of rotatable bonds is 2. The van der Waals surface area contributed by atoms with Crippen LogP contribution in [0.3, 0.4) is 0 Å². The van der Waals surface area contributed by atoms with E-state index < -0.39 is 28.9 Å². The third kappa shape index (κ3) is 2.63. The van der Waals surface area contributed by atoms with E-state index in [1.165, 1.54) is 0 Å². The number of hydrogen-bond acceptors (Lipinski definition) is 1. The SMILES string of the molecule is CC1(c2cc(C(F)(F)F)cc(C(F)(F)F)c2)CC1CO. The summed E-state index contributed by atoms with van der Waals surface area (Å²) in [5, 5.41) is 9.02. The molecule has 112 valence electrons. The molecule has 1 nitrogen and oxygen atoms in total. The number of hydrogen-bond donors (Lipinski definition) is 1. The van der Waals surface area contributed by atoms with E-state index in [2.05, 4.69) is 0 Å². The molecule has 0 aliphatic heterocycles. The Balaban J connectivity index is 2.53. The molecule has 1 aromatic rings. The van der Waals surface area contributed by atoms with Gasteiger partial charge in [-0.3, -0.25) is 0 Å². The largest absolute Gasteiger partial charge is 0.416 e. The van der Waals surface area contributed by atoms with Crippen LogP contribution in [0.4, 0.5) is 26.3 Å². The Morgan fingerprint density at radius 2 is 1.50 bits per heavy atom. The molecule has 1 aliphatic carbocycles. The summed E-state index contributed by atoms with van der Waals surface area (Å²) < 4.78 is 76.2. The second kappa shape index (κ2) is 4.38. The minimum Gasteiger partial charge on any atom is -0.396 e. The highest BCUT2D eigenvalue weighted by atomic mass is 19.4. The summed E-state index contributed by atoms with van der Waals surface area (Å²) in [5.74, 6) is -0.299. The van der Waals surface area contributed by atoms with E-state index >= 15 is 0 Å². The van der Waals surface area contributed by atoms with Crippen molar-refractivity contribution < 1.29 is 31.4 Å². The molecule has 0 heterocycles. The van der Waals surface area contributed by atoms with Gasteiger partial charge in [0.25, 0.3) is 0 Å². The highest BCUT2D eigenvalue weighted by Crippen LogP contribution is 2.54. The number of benzene rings is 1. The normalized spacial score (nSPS) is 26.7.